The molecule has 0 fully saturated rings. The Morgan fingerprint density at radius 1 is 1.41 bits per heavy atom. The fourth-order valence-electron chi connectivity index (χ4n) is 1.47. The molecule has 5 heteroatoms. The molecule has 1 aromatic rings. The van der Waals surface area contributed by atoms with Crippen LogP contribution in [0.5, 0.6) is 0 Å². The molecule has 0 aliphatic heterocycles. The summed E-state index contributed by atoms with van der Waals surface area (Å²) in [7, 11) is 1.70. The SMILES string of the molecule is CN(Cc1ccc(Cl)cc1Cl)C(=O)C(C)(C)N. The lowest BCUT2D eigenvalue weighted by atomic mass is 10.1. The molecule has 0 heterocycles. The molecule has 3 nitrogen and oxygen atoms in total. The molecular formula is C12H16Cl2N2O. The molecule has 0 spiro atoms. The highest BCUT2D eigenvalue weighted by Gasteiger charge is 2.25. The Kier molecular flexibility index (Phi) is 4.42. The van der Waals surface area contributed by atoms with Crippen molar-refractivity contribution in [2.45, 2.75) is 25.9 Å². The lowest BCUT2D eigenvalue weighted by Crippen LogP contribution is -2.49. The van der Waals surface area contributed by atoms with Gasteiger partial charge in [0.15, 0.2) is 0 Å². The Bertz CT molecular complexity index is 427. The van der Waals surface area contributed by atoms with Crippen LogP contribution in [-0.2, 0) is 11.3 Å². The van der Waals surface area contributed by atoms with Crippen LogP contribution >= 0.6 is 23.2 Å². The van der Waals surface area contributed by atoms with E-state index in [0.717, 1.165) is 5.56 Å². The lowest BCUT2D eigenvalue weighted by molar-refractivity contribution is -0.134. The van der Waals surface area contributed by atoms with Crippen LogP contribution in [0.3, 0.4) is 0 Å². The molecule has 0 saturated carbocycles. The Morgan fingerprint density at radius 2 is 2.00 bits per heavy atom. The minimum absolute atomic E-state index is 0.136. The number of carbonyl (C=O) groups is 1. The molecule has 0 aliphatic carbocycles. The van der Waals surface area contributed by atoms with Crippen LogP contribution < -0.4 is 5.73 Å². The maximum atomic E-state index is 11.9. The van der Waals surface area contributed by atoms with Gasteiger partial charge in [-0.2, -0.15) is 0 Å². The zero-order valence-electron chi connectivity index (χ0n) is 10.1. The molecule has 1 rings (SSSR count). The molecule has 0 saturated heterocycles. The number of hydrogen-bond acceptors (Lipinski definition) is 2. The van der Waals surface area contributed by atoms with Gasteiger partial charge >= 0.3 is 0 Å². The number of amides is 1. The molecule has 94 valence electrons. The topological polar surface area (TPSA) is 46.3 Å². The molecule has 0 atom stereocenters. The highest BCUT2D eigenvalue weighted by molar-refractivity contribution is 6.35. The van der Waals surface area contributed by atoms with Crippen LogP contribution in [0.2, 0.25) is 10.0 Å². The van der Waals surface area contributed by atoms with Gasteiger partial charge in [-0.3, -0.25) is 4.79 Å². The number of hydrogen-bond donors (Lipinski definition) is 1. The number of nitrogens with zero attached hydrogens (tertiary/aromatic N) is 1. The van der Waals surface area contributed by atoms with E-state index in [1.54, 1.807) is 44.0 Å². The van der Waals surface area contributed by atoms with Crippen molar-refractivity contribution < 1.29 is 4.79 Å². The second-order valence-corrected chi connectivity index (χ2v) is 5.46. The van der Waals surface area contributed by atoms with Gasteiger partial charge in [0.25, 0.3) is 0 Å². The summed E-state index contributed by atoms with van der Waals surface area (Å²) in [6.45, 7) is 3.76. The Labute approximate surface area is 111 Å². The van der Waals surface area contributed by atoms with Gasteiger partial charge in [0.1, 0.15) is 0 Å². The first-order chi connectivity index (χ1) is 7.71. The van der Waals surface area contributed by atoms with E-state index in [0.29, 0.717) is 16.6 Å². The largest absolute Gasteiger partial charge is 0.340 e. The second-order valence-electron chi connectivity index (χ2n) is 4.62. The first kappa shape index (κ1) is 14.3. The van der Waals surface area contributed by atoms with Gasteiger partial charge in [0, 0.05) is 23.6 Å². The number of likely N-dealkylation sites (N-methyl/N-ethyl adjacent to an activating group) is 1. The lowest BCUT2D eigenvalue weighted by Gasteiger charge is -2.26. The first-order valence-corrected chi connectivity index (χ1v) is 5.96. The van der Waals surface area contributed by atoms with Crippen LogP contribution in [0.4, 0.5) is 0 Å². The fourth-order valence-corrected chi connectivity index (χ4v) is 1.94. The summed E-state index contributed by atoms with van der Waals surface area (Å²) in [5.74, 6) is -0.136. The Morgan fingerprint density at radius 3 is 2.47 bits per heavy atom. The Balaban J connectivity index is 2.81. The summed E-state index contributed by atoms with van der Waals surface area (Å²) < 4.78 is 0. The van der Waals surface area contributed by atoms with Gasteiger partial charge in [0.2, 0.25) is 5.91 Å². The Hall–Kier alpha value is -0.770. The van der Waals surface area contributed by atoms with Crippen molar-refractivity contribution in [3.05, 3.63) is 33.8 Å². The third-order valence-corrected chi connectivity index (χ3v) is 2.91. The fraction of sp³-hybridized carbons (Fsp3) is 0.417. The molecular weight excluding hydrogens is 259 g/mol. The van der Waals surface area contributed by atoms with E-state index in [9.17, 15) is 4.79 Å². The predicted molar refractivity (Wildman–Crippen MR) is 71.2 cm³/mol. The van der Waals surface area contributed by atoms with E-state index < -0.39 is 5.54 Å². The van der Waals surface area contributed by atoms with Gasteiger partial charge in [0.05, 0.1) is 5.54 Å². The summed E-state index contributed by atoms with van der Waals surface area (Å²) in [4.78, 5) is 13.4. The highest BCUT2D eigenvalue weighted by Crippen LogP contribution is 2.22. The van der Waals surface area contributed by atoms with Crippen molar-refractivity contribution >= 4 is 29.1 Å². The number of carbonyl (C=O) groups excluding carboxylic acids is 1. The summed E-state index contributed by atoms with van der Waals surface area (Å²) >= 11 is 11.8. The zero-order chi connectivity index (χ0) is 13.2. The van der Waals surface area contributed by atoms with Gasteiger partial charge in [-0.05, 0) is 31.5 Å². The van der Waals surface area contributed by atoms with Crippen molar-refractivity contribution in [1.82, 2.24) is 4.90 Å². The summed E-state index contributed by atoms with van der Waals surface area (Å²) in [6, 6.07) is 5.21. The van der Waals surface area contributed by atoms with E-state index >= 15 is 0 Å². The normalized spacial score (nSPS) is 11.4. The number of rotatable bonds is 3. The van der Waals surface area contributed by atoms with Crippen molar-refractivity contribution in [1.29, 1.82) is 0 Å². The van der Waals surface area contributed by atoms with E-state index in [1.165, 1.54) is 0 Å². The monoisotopic (exact) mass is 274 g/mol. The average Bonchev–Trinajstić information content (AvgIpc) is 2.19. The van der Waals surface area contributed by atoms with Crippen LogP contribution in [-0.4, -0.2) is 23.4 Å². The minimum atomic E-state index is -0.881. The van der Waals surface area contributed by atoms with E-state index in [-0.39, 0.29) is 5.91 Å². The van der Waals surface area contributed by atoms with E-state index in [2.05, 4.69) is 0 Å². The van der Waals surface area contributed by atoms with Crippen LogP contribution in [0.1, 0.15) is 19.4 Å². The van der Waals surface area contributed by atoms with Crippen LogP contribution in [0.15, 0.2) is 18.2 Å². The summed E-state index contributed by atoms with van der Waals surface area (Å²) in [6.07, 6.45) is 0. The second kappa shape index (κ2) is 5.25. The van der Waals surface area contributed by atoms with Gasteiger partial charge in [-0.15, -0.1) is 0 Å². The molecule has 0 unspecified atom stereocenters. The van der Waals surface area contributed by atoms with E-state index in [4.69, 9.17) is 28.9 Å². The van der Waals surface area contributed by atoms with Crippen molar-refractivity contribution in [2.24, 2.45) is 5.73 Å². The molecule has 1 amide bonds. The van der Waals surface area contributed by atoms with Crippen molar-refractivity contribution in [3.63, 3.8) is 0 Å². The van der Waals surface area contributed by atoms with Crippen molar-refractivity contribution in [2.75, 3.05) is 7.05 Å². The zero-order valence-corrected chi connectivity index (χ0v) is 11.6. The maximum Gasteiger partial charge on any atom is 0.242 e. The molecule has 0 aromatic heterocycles. The summed E-state index contributed by atoms with van der Waals surface area (Å²) in [5, 5.41) is 1.12. The number of benzene rings is 1. The van der Waals surface area contributed by atoms with Gasteiger partial charge in [-0.1, -0.05) is 29.3 Å². The van der Waals surface area contributed by atoms with Gasteiger partial charge in [-0.25, -0.2) is 0 Å². The first-order valence-electron chi connectivity index (χ1n) is 5.20. The molecule has 0 aliphatic rings. The smallest absolute Gasteiger partial charge is 0.242 e. The molecule has 2 N–H and O–H groups in total. The van der Waals surface area contributed by atoms with Crippen LogP contribution in [0.25, 0.3) is 0 Å². The minimum Gasteiger partial charge on any atom is -0.340 e. The third-order valence-electron chi connectivity index (χ3n) is 2.32. The molecule has 17 heavy (non-hydrogen) atoms. The molecule has 0 bridgehead atoms. The average molecular weight is 275 g/mol. The predicted octanol–water partition coefficient (Wildman–Crippen LogP) is 2.69. The quantitative estimate of drug-likeness (QED) is 0.921. The number of halogens is 2. The maximum absolute atomic E-state index is 11.9. The van der Waals surface area contributed by atoms with Gasteiger partial charge < -0.3 is 10.6 Å². The third kappa shape index (κ3) is 3.87. The molecule has 1 aromatic carbocycles. The highest BCUT2D eigenvalue weighted by atomic mass is 35.5. The standard InChI is InChI=1S/C12H16Cl2N2O/c1-12(2,15)11(17)16(3)7-8-4-5-9(13)6-10(8)14/h4-6H,7,15H2,1-3H3. The molecule has 0 radical (unpaired) electrons. The number of nitrogens with two attached hydrogens (primary N) is 1. The van der Waals surface area contributed by atoms with Crippen molar-refractivity contribution in [3.8, 4) is 0 Å². The van der Waals surface area contributed by atoms with Crippen LogP contribution in [0, 0.1) is 0 Å². The van der Waals surface area contributed by atoms with E-state index in [1.807, 2.05) is 0 Å². The summed E-state index contributed by atoms with van der Waals surface area (Å²) in [5.41, 5.74) is 5.71.